The highest BCUT2D eigenvalue weighted by Crippen LogP contribution is 2.36. The quantitative estimate of drug-likeness (QED) is 0.114. The number of esters is 1. The summed E-state index contributed by atoms with van der Waals surface area (Å²) in [5.74, 6) is 1.03. The van der Waals surface area contributed by atoms with E-state index in [1.165, 1.54) is 28.0 Å². The predicted octanol–water partition coefficient (Wildman–Crippen LogP) is 5.46. The molecule has 1 aliphatic rings. The van der Waals surface area contributed by atoms with Gasteiger partial charge < -0.3 is 18.9 Å². The van der Waals surface area contributed by atoms with Gasteiger partial charge >= 0.3 is 5.97 Å². The number of aromatic nitrogens is 1. The summed E-state index contributed by atoms with van der Waals surface area (Å²) in [6, 6.07) is 16.1. The van der Waals surface area contributed by atoms with Crippen molar-refractivity contribution in [2.75, 3.05) is 20.3 Å². The number of allylic oxidation sites excluding steroid dienone is 1. The molecule has 0 amide bonds. The fraction of sp³-hybridized carbons (Fsp3) is 0.242. The van der Waals surface area contributed by atoms with Gasteiger partial charge in [0.05, 0.1) is 51.6 Å². The number of benzene rings is 3. The zero-order valence-electron chi connectivity index (χ0n) is 25.4. The molecule has 238 valence electrons. The van der Waals surface area contributed by atoms with E-state index in [9.17, 15) is 19.7 Å². The molecule has 4 aromatic rings. The SMILES string of the molecule is CCOC(=O)C1=C(C)N=c2s/c(=C\c3ccc(OCc4ccc([N+](=O)[O-])cc4)c(Br)c3)c(=O)n2[C@H]1c1ccc(OC)c(OCC)c1. The van der Waals surface area contributed by atoms with E-state index in [4.69, 9.17) is 18.9 Å². The lowest BCUT2D eigenvalue weighted by Gasteiger charge is -2.25. The van der Waals surface area contributed by atoms with E-state index in [2.05, 4.69) is 20.9 Å². The summed E-state index contributed by atoms with van der Waals surface area (Å²) in [5, 5.41) is 10.9. The van der Waals surface area contributed by atoms with Crippen LogP contribution in [-0.2, 0) is 16.1 Å². The Balaban J connectivity index is 1.51. The van der Waals surface area contributed by atoms with Crippen LogP contribution in [0.25, 0.3) is 6.08 Å². The van der Waals surface area contributed by atoms with E-state index < -0.39 is 16.9 Å². The molecule has 1 aromatic heterocycles. The van der Waals surface area contributed by atoms with Crippen LogP contribution < -0.4 is 29.1 Å². The second-order valence-corrected chi connectivity index (χ2v) is 11.9. The van der Waals surface area contributed by atoms with Gasteiger partial charge in [-0.1, -0.05) is 23.5 Å². The predicted molar refractivity (Wildman–Crippen MR) is 176 cm³/mol. The fourth-order valence-corrected chi connectivity index (χ4v) is 6.55. The Hall–Kier alpha value is -4.75. The molecule has 0 bridgehead atoms. The molecule has 0 aliphatic carbocycles. The molecule has 0 N–H and O–H groups in total. The molecule has 0 saturated carbocycles. The second-order valence-electron chi connectivity index (χ2n) is 10.0. The fourth-order valence-electron chi connectivity index (χ4n) is 4.99. The molecule has 1 aliphatic heterocycles. The molecule has 0 radical (unpaired) electrons. The Bertz CT molecular complexity index is 2020. The number of nitro groups is 1. The number of nitro benzene ring substituents is 1. The number of thiazole rings is 1. The zero-order valence-corrected chi connectivity index (χ0v) is 27.8. The van der Waals surface area contributed by atoms with Crippen LogP contribution >= 0.6 is 27.3 Å². The molecule has 1 atom stereocenters. The summed E-state index contributed by atoms with van der Waals surface area (Å²) in [6.07, 6.45) is 1.76. The van der Waals surface area contributed by atoms with Crippen molar-refractivity contribution in [1.29, 1.82) is 0 Å². The highest BCUT2D eigenvalue weighted by atomic mass is 79.9. The van der Waals surface area contributed by atoms with Crippen LogP contribution in [0.4, 0.5) is 5.69 Å². The monoisotopic (exact) mass is 707 g/mol. The molecule has 3 aromatic carbocycles. The van der Waals surface area contributed by atoms with Crippen molar-refractivity contribution in [3.63, 3.8) is 0 Å². The lowest BCUT2D eigenvalue weighted by Crippen LogP contribution is -2.40. The van der Waals surface area contributed by atoms with Gasteiger partial charge in [-0.25, -0.2) is 9.79 Å². The summed E-state index contributed by atoms with van der Waals surface area (Å²) >= 11 is 4.77. The van der Waals surface area contributed by atoms with Crippen LogP contribution in [0.5, 0.6) is 17.2 Å². The van der Waals surface area contributed by atoms with Crippen molar-refractivity contribution in [2.24, 2.45) is 4.99 Å². The first-order valence-electron chi connectivity index (χ1n) is 14.3. The van der Waals surface area contributed by atoms with Crippen LogP contribution in [0, 0.1) is 10.1 Å². The van der Waals surface area contributed by atoms with Crippen LogP contribution in [-0.4, -0.2) is 35.8 Å². The van der Waals surface area contributed by atoms with Crippen LogP contribution in [0.2, 0.25) is 0 Å². The normalized spacial score (nSPS) is 14.4. The Labute approximate surface area is 276 Å². The van der Waals surface area contributed by atoms with E-state index in [1.807, 2.05) is 19.1 Å². The number of halogens is 1. The number of ether oxygens (including phenoxy) is 4. The molecule has 46 heavy (non-hydrogen) atoms. The van der Waals surface area contributed by atoms with Crippen molar-refractivity contribution in [3.8, 4) is 17.2 Å². The zero-order chi connectivity index (χ0) is 33.0. The van der Waals surface area contributed by atoms with Gasteiger partial charge in [-0.15, -0.1) is 0 Å². The van der Waals surface area contributed by atoms with Gasteiger partial charge in [-0.2, -0.15) is 0 Å². The van der Waals surface area contributed by atoms with Gasteiger partial charge in [-0.3, -0.25) is 19.5 Å². The molecule has 0 unspecified atom stereocenters. The van der Waals surface area contributed by atoms with Crippen LogP contribution in [0.3, 0.4) is 0 Å². The number of hydrogen-bond acceptors (Lipinski definition) is 10. The first kappa shape index (κ1) is 32.6. The van der Waals surface area contributed by atoms with Crippen molar-refractivity contribution in [3.05, 3.63) is 123 Å². The average molecular weight is 709 g/mol. The summed E-state index contributed by atoms with van der Waals surface area (Å²) in [7, 11) is 1.55. The third-order valence-corrected chi connectivity index (χ3v) is 8.72. The third kappa shape index (κ3) is 6.75. The molecule has 2 heterocycles. The number of rotatable bonds is 11. The number of fused-ring (bicyclic) bond motifs is 1. The standard InChI is InChI=1S/C33H30BrN3O8S/c1-5-43-27-17-22(10-14-26(27)42-4)30-29(32(39)44-6-2)19(3)35-33-36(30)31(38)28(46-33)16-21-9-13-25(24(34)15-21)45-18-20-7-11-23(12-8-20)37(40)41/h7-17,30H,5-6,18H2,1-4H3/b28-16-/t30-/m0/s1. The molecule has 0 spiro atoms. The Kier molecular flexibility index (Phi) is 10.0. The highest BCUT2D eigenvalue weighted by Gasteiger charge is 2.34. The summed E-state index contributed by atoms with van der Waals surface area (Å²) < 4.78 is 25.2. The third-order valence-electron chi connectivity index (χ3n) is 7.12. The minimum absolute atomic E-state index is 0.0115. The first-order chi connectivity index (χ1) is 22.1. The number of hydrogen-bond donors (Lipinski definition) is 0. The summed E-state index contributed by atoms with van der Waals surface area (Å²) in [4.78, 5) is 42.8. The number of non-ortho nitro benzene ring substituents is 1. The molecule has 0 fully saturated rings. The van der Waals surface area contributed by atoms with E-state index in [1.54, 1.807) is 63.4 Å². The first-order valence-corrected chi connectivity index (χ1v) is 15.9. The minimum atomic E-state index is -0.801. The molecular formula is C33H30BrN3O8S. The Morgan fingerprint density at radius 3 is 2.43 bits per heavy atom. The number of carbonyl (C=O) groups is 1. The van der Waals surface area contributed by atoms with Crippen LogP contribution in [0.1, 0.15) is 43.5 Å². The molecule has 11 nitrogen and oxygen atoms in total. The van der Waals surface area contributed by atoms with Crippen molar-refractivity contribution in [1.82, 2.24) is 4.57 Å². The molecule has 13 heteroatoms. The second kappa shape index (κ2) is 14.1. The van der Waals surface area contributed by atoms with Gasteiger partial charge in [0.25, 0.3) is 11.2 Å². The Morgan fingerprint density at radius 2 is 1.78 bits per heavy atom. The Morgan fingerprint density at radius 1 is 1.04 bits per heavy atom. The van der Waals surface area contributed by atoms with Gasteiger partial charge in [0, 0.05) is 12.1 Å². The van der Waals surface area contributed by atoms with E-state index >= 15 is 0 Å². The molecular weight excluding hydrogens is 678 g/mol. The van der Waals surface area contributed by atoms with Crippen LogP contribution in [0.15, 0.2) is 86.2 Å². The van der Waals surface area contributed by atoms with Crippen molar-refractivity contribution in [2.45, 2.75) is 33.4 Å². The lowest BCUT2D eigenvalue weighted by atomic mass is 9.95. The van der Waals surface area contributed by atoms with Gasteiger partial charge in [0.15, 0.2) is 16.3 Å². The highest BCUT2D eigenvalue weighted by molar-refractivity contribution is 9.10. The number of methoxy groups -OCH3 is 1. The minimum Gasteiger partial charge on any atom is -0.493 e. The van der Waals surface area contributed by atoms with Crippen molar-refractivity contribution >= 4 is 45.0 Å². The summed E-state index contributed by atoms with van der Waals surface area (Å²) in [5.41, 5.74) is 2.59. The van der Waals surface area contributed by atoms with Gasteiger partial charge in [-0.05, 0) is 95.9 Å². The smallest absolute Gasteiger partial charge is 0.338 e. The molecule has 0 saturated heterocycles. The largest absolute Gasteiger partial charge is 0.493 e. The molecule has 5 rings (SSSR count). The van der Waals surface area contributed by atoms with E-state index in [0.717, 1.165) is 11.1 Å². The van der Waals surface area contributed by atoms with E-state index in [0.29, 0.717) is 48.9 Å². The maximum absolute atomic E-state index is 14.0. The average Bonchev–Trinajstić information content (AvgIpc) is 3.34. The van der Waals surface area contributed by atoms with E-state index in [-0.39, 0.29) is 30.0 Å². The summed E-state index contributed by atoms with van der Waals surface area (Å²) in [6.45, 7) is 6.10. The lowest BCUT2D eigenvalue weighted by molar-refractivity contribution is -0.384. The maximum Gasteiger partial charge on any atom is 0.338 e. The van der Waals surface area contributed by atoms with Gasteiger partial charge in [0.1, 0.15) is 12.4 Å². The van der Waals surface area contributed by atoms with Gasteiger partial charge in [0.2, 0.25) is 0 Å². The number of carbonyl (C=O) groups excluding carboxylic acids is 1. The maximum atomic E-state index is 14.0. The topological polar surface area (TPSA) is 131 Å². The number of nitrogens with zero attached hydrogens (tertiary/aromatic N) is 3. The van der Waals surface area contributed by atoms with Crippen molar-refractivity contribution < 1.29 is 28.7 Å².